The van der Waals surface area contributed by atoms with Gasteiger partial charge in [0.15, 0.2) is 0 Å². The van der Waals surface area contributed by atoms with Gasteiger partial charge in [0.25, 0.3) is 0 Å². The Labute approximate surface area is 93.9 Å². The summed E-state index contributed by atoms with van der Waals surface area (Å²) >= 11 is 6.08. The molecule has 80 valence electrons. The molecule has 0 atom stereocenters. The molecular formula is C12H13ClO2. The van der Waals surface area contributed by atoms with Gasteiger partial charge in [-0.2, -0.15) is 0 Å². The monoisotopic (exact) mass is 224 g/mol. The van der Waals surface area contributed by atoms with Gasteiger partial charge in [-0.25, -0.2) is 0 Å². The van der Waals surface area contributed by atoms with Crippen molar-refractivity contribution in [3.05, 3.63) is 34.3 Å². The first-order valence-corrected chi connectivity index (χ1v) is 5.50. The summed E-state index contributed by atoms with van der Waals surface area (Å²) in [7, 11) is 0. The van der Waals surface area contributed by atoms with Crippen LogP contribution >= 0.6 is 11.6 Å². The van der Waals surface area contributed by atoms with E-state index in [0.717, 1.165) is 30.4 Å². The smallest absolute Gasteiger partial charge is 0.314 e. The van der Waals surface area contributed by atoms with Gasteiger partial charge >= 0.3 is 5.97 Å². The molecular weight excluding hydrogens is 212 g/mol. The number of aryl methyl sites for hydroxylation is 1. The standard InChI is InChI=1S/C12H13ClO2/c1-2-8-3-4-9(7-10(8)13)12(5-6-12)11(14)15/h3-4,7H,2,5-6H2,1H3,(H,14,15). The number of carbonyl (C=O) groups is 1. The molecule has 0 spiro atoms. The summed E-state index contributed by atoms with van der Waals surface area (Å²) in [5.74, 6) is -0.734. The van der Waals surface area contributed by atoms with Gasteiger partial charge in [-0.3, -0.25) is 4.79 Å². The van der Waals surface area contributed by atoms with E-state index in [-0.39, 0.29) is 0 Å². The minimum absolute atomic E-state index is 0.643. The van der Waals surface area contributed by atoms with Crippen molar-refractivity contribution in [3.63, 3.8) is 0 Å². The summed E-state index contributed by atoms with van der Waals surface area (Å²) in [6.07, 6.45) is 2.33. The average Bonchev–Trinajstić information content (AvgIpc) is 2.98. The maximum absolute atomic E-state index is 11.1. The number of carboxylic acid groups (broad SMARTS) is 1. The summed E-state index contributed by atoms with van der Waals surface area (Å²) in [4.78, 5) is 11.1. The van der Waals surface area contributed by atoms with Crippen LogP contribution in [0.3, 0.4) is 0 Å². The lowest BCUT2D eigenvalue weighted by Gasteiger charge is -2.11. The molecule has 0 amide bonds. The SMILES string of the molecule is CCc1ccc(C2(C(=O)O)CC2)cc1Cl. The normalized spacial score (nSPS) is 17.5. The van der Waals surface area contributed by atoms with Crippen molar-refractivity contribution in [1.29, 1.82) is 0 Å². The lowest BCUT2D eigenvalue weighted by molar-refractivity contribution is -0.140. The van der Waals surface area contributed by atoms with Crippen molar-refractivity contribution >= 4 is 17.6 Å². The topological polar surface area (TPSA) is 37.3 Å². The molecule has 1 saturated carbocycles. The van der Waals surface area contributed by atoms with Gasteiger partial charge in [-0.15, -0.1) is 0 Å². The van der Waals surface area contributed by atoms with Crippen molar-refractivity contribution in [2.24, 2.45) is 0 Å². The van der Waals surface area contributed by atoms with Crippen LogP contribution in [0.1, 0.15) is 30.9 Å². The first kappa shape index (κ1) is 10.5. The highest BCUT2D eigenvalue weighted by Crippen LogP contribution is 2.49. The lowest BCUT2D eigenvalue weighted by Crippen LogP contribution is -2.19. The van der Waals surface area contributed by atoms with E-state index in [0.29, 0.717) is 5.02 Å². The van der Waals surface area contributed by atoms with Gasteiger partial charge < -0.3 is 5.11 Å². The molecule has 1 N–H and O–H groups in total. The summed E-state index contributed by atoms with van der Waals surface area (Å²) < 4.78 is 0. The minimum Gasteiger partial charge on any atom is -0.481 e. The van der Waals surface area contributed by atoms with Crippen LogP contribution in [-0.4, -0.2) is 11.1 Å². The highest BCUT2D eigenvalue weighted by molar-refractivity contribution is 6.31. The number of benzene rings is 1. The van der Waals surface area contributed by atoms with Gasteiger partial charge in [0.1, 0.15) is 0 Å². The molecule has 1 aromatic rings. The molecule has 2 rings (SSSR count). The Morgan fingerprint density at radius 1 is 1.53 bits per heavy atom. The van der Waals surface area contributed by atoms with E-state index in [1.165, 1.54) is 0 Å². The zero-order valence-corrected chi connectivity index (χ0v) is 9.34. The molecule has 0 unspecified atom stereocenters. The van der Waals surface area contributed by atoms with E-state index in [9.17, 15) is 4.79 Å². The van der Waals surface area contributed by atoms with Gasteiger partial charge in [0.2, 0.25) is 0 Å². The third-order valence-electron chi connectivity index (χ3n) is 3.15. The van der Waals surface area contributed by atoms with Crippen LogP contribution < -0.4 is 0 Å². The Kier molecular flexibility index (Phi) is 2.47. The largest absolute Gasteiger partial charge is 0.481 e. The van der Waals surface area contributed by atoms with Gasteiger partial charge in [-0.05, 0) is 36.5 Å². The van der Waals surface area contributed by atoms with Crippen LogP contribution in [0.2, 0.25) is 5.02 Å². The minimum atomic E-state index is -0.734. The quantitative estimate of drug-likeness (QED) is 0.857. The molecule has 0 aromatic heterocycles. The second kappa shape index (κ2) is 3.53. The van der Waals surface area contributed by atoms with Crippen molar-refractivity contribution in [2.75, 3.05) is 0 Å². The Hall–Kier alpha value is -1.02. The van der Waals surface area contributed by atoms with E-state index in [2.05, 4.69) is 0 Å². The summed E-state index contributed by atoms with van der Waals surface area (Å²) in [6, 6.07) is 5.63. The number of carboxylic acids is 1. The molecule has 0 radical (unpaired) electrons. The first-order valence-electron chi connectivity index (χ1n) is 5.12. The Balaban J connectivity index is 2.39. The summed E-state index contributed by atoms with van der Waals surface area (Å²) in [5.41, 5.74) is 1.27. The fraction of sp³-hybridized carbons (Fsp3) is 0.417. The number of rotatable bonds is 3. The number of aliphatic carboxylic acids is 1. The van der Waals surface area contributed by atoms with Crippen LogP contribution in [0.5, 0.6) is 0 Å². The molecule has 0 aliphatic heterocycles. The maximum Gasteiger partial charge on any atom is 0.314 e. The highest BCUT2D eigenvalue weighted by Gasteiger charge is 2.51. The van der Waals surface area contributed by atoms with Crippen LogP contribution in [0, 0.1) is 0 Å². The average molecular weight is 225 g/mol. The van der Waals surface area contributed by atoms with Gasteiger partial charge in [-0.1, -0.05) is 30.7 Å². The number of hydrogen-bond acceptors (Lipinski definition) is 1. The van der Waals surface area contributed by atoms with Gasteiger partial charge in [0, 0.05) is 5.02 Å². The Morgan fingerprint density at radius 2 is 2.20 bits per heavy atom. The molecule has 3 heteroatoms. The molecule has 1 aliphatic rings. The molecule has 0 saturated heterocycles. The molecule has 1 aromatic carbocycles. The zero-order chi connectivity index (χ0) is 11.1. The summed E-state index contributed by atoms with van der Waals surface area (Å²) in [5, 5.41) is 9.81. The zero-order valence-electron chi connectivity index (χ0n) is 8.59. The van der Waals surface area contributed by atoms with Crippen molar-refractivity contribution in [1.82, 2.24) is 0 Å². The molecule has 1 aliphatic carbocycles. The van der Waals surface area contributed by atoms with Crippen LogP contribution in [0.15, 0.2) is 18.2 Å². The summed E-state index contributed by atoms with van der Waals surface area (Å²) in [6.45, 7) is 2.03. The molecule has 0 bridgehead atoms. The number of hydrogen-bond donors (Lipinski definition) is 1. The molecule has 15 heavy (non-hydrogen) atoms. The van der Waals surface area contributed by atoms with E-state index in [4.69, 9.17) is 16.7 Å². The fourth-order valence-electron chi connectivity index (χ4n) is 1.88. The molecule has 0 heterocycles. The van der Waals surface area contributed by atoms with Crippen LogP contribution in [0.25, 0.3) is 0 Å². The van der Waals surface area contributed by atoms with E-state index in [1.54, 1.807) is 0 Å². The van der Waals surface area contributed by atoms with Crippen molar-refractivity contribution in [3.8, 4) is 0 Å². The first-order chi connectivity index (χ1) is 7.10. The third kappa shape index (κ3) is 1.63. The third-order valence-corrected chi connectivity index (χ3v) is 3.50. The maximum atomic E-state index is 11.1. The van der Waals surface area contributed by atoms with E-state index < -0.39 is 11.4 Å². The van der Waals surface area contributed by atoms with Crippen LogP contribution in [-0.2, 0) is 16.6 Å². The van der Waals surface area contributed by atoms with Crippen molar-refractivity contribution in [2.45, 2.75) is 31.6 Å². The fourth-order valence-corrected chi connectivity index (χ4v) is 2.20. The second-order valence-corrected chi connectivity index (χ2v) is 4.45. The molecule has 1 fully saturated rings. The lowest BCUT2D eigenvalue weighted by atomic mass is 9.95. The number of halogens is 1. The Bertz CT molecular complexity index is 408. The van der Waals surface area contributed by atoms with Gasteiger partial charge in [0.05, 0.1) is 5.41 Å². The second-order valence-electron chi connectivity index (χ2n) is 4.05. The van der Waals surface area contributed by atoms with E-state index >= 15 is 0 Å². The molecule has 2 nitrogen and oxygen atoms in total. The Morgan fingerprint density at radius 3 is 2.60 bits per heavy atom. The van der Waals surface area contributed by atoms with Crippen molar-refractivity contribution < 1.29 is 9.90 Å². The van der Waals surface area contributed by atoms with Crippen LogP contribution in [0.4, 0.5) is 0 Å². The predicted molar refractivity (Wildman–Crippen MR) is 59.4 cm³/mol. The predicted octanol–water partition coefficient (Wildman–Crippen LogP) is 3.02. The highest BCUT2D eigenvalue weighted by atomic mass is 35.5. The van der Waals surface area contributed by atoms with E-state index in [1.807, 2.05) is 25.1 Å².